The molecule has 2 atom stereocenters. The monoisotopic (exact) mass is 218 g/mol. The Morgan fingerprint density at radius 2 is 1.94 bits per heavy atom. The van der Waals surface area contributed by atoms with Crippen LogP contribution in [0, 0.1) is 0 Å². The van der Waals surface area contributed by atoms with E-state index in [0.29, 0.717) is 17.6 Å². The Balaban J connectivity index is 1.78. The van der Waals surface area contributed by atoms with Crippen LogP contribution >= 0.6 is 0 Å². The molecule has 16 heavy (non-hydrogen) atoms. The normalized spacial score (nSPS) is 28.7. The van der Waals surface area contributed by atoms with Gasteiger partial charge in [0.25, 0.3) is 5.91 Å². The van der Waals surface area contributed by atoms with E-state index in [0.717, 1.165) is 19.5 Å². The molecule has 5 nitrogen and oxygen atoms in total. The highest BCUT2D eigenvalue weighted by atomic mass is 16.2. The third kappa shape index (κ3) is 1.39. The molecule has 0 radical (unpaired) electrons. The lowest BCUT2D eigenvalue weighted by atomic mass is 9.87. The number of nitrogens with zero attached hydrogens (tertiary/aromatic N) is 4. The van der Waals surface area contributed by atoms with Crippen molar-refractivity contribution in [2.24, 2.45) is 0 Å². The summed E-state index contributed by atoms with van der Waals surface area (Å²) in [6, 6.07) is 0.771. The number of carbonyl (C=O) groups excluding carboxylic acids is 1. The quantitative estimate of drug-likeness (QED) is 0.666. The highest BCUT2D eigenvalue weighted by molar-refractivity contribution is 5.94. The van der Waals surface area contributed by atoms with Gasteiger partial charge >= 0.3 is 0 Å². The second-order valence-electron chi connectivity index (χ2n) is 4.60. The smallest absolute Gasteiger partial charge is 0.257 e. The van der Waals surface area contributed by atoms with Crippen molar-refractivity contribution >= 4 is 5.91 Å². The fourth-order valence-electron chi connectivity index (χ4n) is 2.71. The third-order valence-corrected chi connectivity index (χ3v) is 3.42. The Kier molecular flexibility index (Phi) is 2.14. The lowest BCUT2D eigenvalue weighted by molar-refractivity contribution is -0.0397. The van der Waals surface area contributed by atoms with E-state index < -0.39 is 0 Å². The Labute approximate surface area is 94.1 Å². The summed E-state index contributed by atoms with van der Waals surface area (Å²) in [5.41, 5.74) is 0.599. The van der Waals surface area contributed by atoms with Crippen molar-refractivity contribution in [2.45, 2.75) is 18.5 Å². The minimum Gasteiger partial charge on any atom is -0.330 e. The van der Waals surface area contributed by atoms with E-state index in [-0.39, 0.29) is 5.91 Å². The van der Waals surface area contributed by atoms with Gasteiger partial charge in [-0.25, -0.2) is 9.97 Å². The maximum absolute atomic E-state index is 12.2. The van der Waals surface area contributed by atoms with Crippen molar-refractivity contribution in [3.05, 3.63) is 24.3 Å². The molecule has 1 aromatic heterocycles. The van der Waals surface area contributed by atoms with Crippen molar-refractivity contribution in [3.8, 4) is 0 Å². The Morgan fingerprint density at radius 3 is 2.56 bits per heavy atom. The summed E-state index contributed by atoms with van der Waals surface area (Å²) in [7, 11) is 2.10. The zero-order chi connectivity index (χ0) is 11.1. The van der Waals surface area contributed by atoms with Crippen LogP contribution in [-0.2, 0) is 0 Å². The van der Waals surface area contributed by atoms with Crippen LogP contribution in [0.5, 0.6) is 0 Å². The maximum atomic E-state index is 12.2. The van der Waals surface area contributed by atoms with Gasteiger partial charge in [-0.1, -0.05) is 0 Å². The fourth-order valence-corrected chi connectivity index (χ4v) is 2.71. The molecule has 0 aromatic carbocycles. The minimum absolute atomic E-state index is 0.0787. The number of hydrogen-bond donors (Lipinski definition) is 0. The van der Waals surface area contributed by atoms with Crippen LogP contribution in [-0.4, -0.2) is 57.9 Å². The molecule has 0 aliphatic carbocycles. The lowest BCUT2D eigenvalue weighted by Gasteiger charge is -2.55. The van der Waals surface area contributed by atoms with Crippen LogP contribution in [0.2, 0.25) is 0 Å². The van der Waals surface area contributed by atoms with Crippen LogP contribution in [0.4, 0.5) is 0 Å². The van der Waals surface area contributed by atoms with E-state index in [1.165, 1.54) is 6.33 Å². The Hall–Kier alpha value is -1.49. The molecule has 5 heteroatoms. The number of hydrogen-bond acceptors (Lipinski definition) is 4. The molecule has 0 spiro atoms. The van der Waals surface area contributed by atoms with E-state index in [2.05, 4.69) is 21.9 Å². The molecule has 84 valence electrons. The van der Waals surface area contributed by atoms with Crippen LogP contribution in [0.25, 0.3) is 0 Å². The molecular weight excluding hydrogens is 204 g/mol. The first-order valence-corrected chi connectivity index (χ1v) is 5.52. The van der Waals surface area contributed by atoms with Gasteiger partial charge in [0, 0.05) is 37.6 Å². The van der Waals surface area contributed by atoms with E-state index in [1.807, 2.05) is 4.90 Å². The predicted molar refractivity (Wildman–Crippen MR) is 57.9 cm³/mol. The number of likely N-dealkylation sites (N-methyl/N-ethyl adjacent to an activating group) is 1. The molecule has 0 saturated carbocycles. The molecular formula is C11H14N4O. The van der Waals surface area contributed by atoms with Gasteiger partial charge in [-0.3, -0.25) is 4.79 Å². The van der Waals surface area contributed by atoms with Gasteiger partial charge < -0.3 is 9.80 Å². The molecule has 3 aliphatic rings. The van der Waals surface area contributed by atoms with E-state index in [9.17, 15) is 4.79 Å². The lowest BCUT2D eigenvalue weighted by Crippen LogP contribution is -2.69. The third-order valence-electron chi connectivity index (χ3n) is 3.42. The highest BCUT2D eigenvalue weighted by Gasteiger charge is 2.46. The summed E-state index contributed by atoms with van der Waals surface area (Å²) < 4.78 is 0. The van der Waals surface area contributed by atoms with Crippen LogP contribution < -0.4 is 0 Å². The molecule has 2 bridgehead atoms. The summed E-state index contributed by atoms with van der Waals surface area (Å²) in [6.45, 7) is 1.96. The van der Waals surface area contributed by atoms with Gasteiger partial charge in [0.2, 0.25) is 0 Å². The molecule has 3 saturated heterocycles. The first-order valence-electron chi connectivity index (χ1n) is 5.52. The molecule has 4 heterocycles. The Bertz CT molecular complexity index is 396. The van der Waals surface area contributed by atoms with Crippen molar-refractivity contribution in [1.29, 1.82) is 0 Å². The average molecular weight is 218 g/mol. The number of aromatic nitrogens is 2. The van der Waals surface area contributed by atoms with E-state index in [4.69, 9.17) is 0 Å². The molecule has 4 rings (SSSR count). The Morgan fingerprint density at radius 1 is 1.31 bits per heavy atom. The van der Waals surface area contributed by atoms with Crippen LogP contribution in [0.3, 0.4) is 0 Å². The van der Waals surface area contributed by atoms with Gasteiger partial charge in [-0.05, 0) is 13.5 Å². The molecule has 3 aliphatic heterocycles. The number of carbonyl (C=O) groups is 1. The van der Waals surface area contributed by atoms with E-state index >= 15 is 0 Å². The van der Waals surface area contributed by atoms with Crippen molar-refractivity contribution in [3.63, 3.8) is 0 Å². The molecule has 3 fully saturated rings. The number of amides is 1. The number of piperazine rings is 1. The molecule has 1 aromatic rings. The second-order valence-corrected chi connectivity index (χ2v) is 4.60. The maximum Gasteiger partial charge on any atom is 0.257 e. The van der Waals surface area contributed by atoms with Crippen molar-refractivity contribution < 1.29 is 4.79 Å². The molecule has 0 N–H and O–H groups in total. The molecule has 1 amide bonds. The van der Waals surface area contributed by atoms with Gasteiger partial charge in [0.15, 0.2) is 0 Å². The second kappa shape index (κ2) is 3.52. The van der Waals surface area contributed by atoms with Crippen molar-refractivity contribution in [1.82, 2.24) is 19.8 Å². The standard InChI is InChI=1S/C11H14N4O/c1-14-5-9-2-10(6-14)15(9)11(16)8-3-12-7-13-4-8/h3-4,7,9-10H,2,5-6H2,1H3. The largest absolute Gasteiger partial charge is 0.330 e. The van der Waals surface area contributed by atoms with Crippen LogP contribution in [0.15, 0.2) is 18.7 Å². The number of rotatable bonds is 1. The topological polar surface area (TPSA) is 49.3 Å². The summed E-state index contributed by atoms with van der Waals surface area (Å²) in [5, 5.41) is 0. The highest BCUT2D eigenvalue weighted by Crippen LogP contribution is 2.32. The first-order chi connectivity index (χ1) is 7.75. The van der Waals surface area contributed by atoms with Gasteiger partial charge in [0.1, 0.15) is 6.33 Å². The number of piperidine rings is 1. The van der Waals surface area contributed by atoms with Gasteiger partial charge in [0.05, 0.1) is 5.56 Å². The number of fused-ring (bicyclic) bond motifs is 2. The summed E-state index contributed by atoms with van der Waals surface area (Å²) >= 11 is 0. The zero-order valence-corrected chi connectivity index (χ0v) is 9.21. The zero-order valence-electron chi connectivity index (χ0n) is 9.21. The average Bonchev–Trinajstić information content (AvgIpc) is 2.29. The van der Waals surface area contributed by atoms with E-state index in [1.54, 1.807) is 12.4 Å². The summed E-state index contributed by atoms with van der Waals surface area (Å²) in [4.78, 5) is 24.2. The van der Waals surface area contributed by atoms with Gasteiger partial charge in [-0.15, -0.1) is 0 Å². The summed E-state index contributed by atoms with van der Waals surface area (Å²) in [5.74, 6) is 0.0787. The predicted octanol–water partition coefficient (Wildman–Crippen LogP) is 0.00510. The SMILES string of the molecule is CN1CC2CC(C1)N2C(=O)c1cncnc1. The summed E-state index contributed by atoms with van der Waals surface area (Å²) in [6.07, 6.45) is 5.77. The first kappa shape index (κ1) is 9.72. The van der Waals surface area contributed by atoms with Gasteiger partial charge in [-0.2, -0.15) is 0 Å². The molecule has 2 unspecified atom stereocenters. The van der Waals surface area contributed by atoms with Crippen LogP contribution in [0.1, 0.15) is 16.8 Å². The minimum atomic E-state index is 0.0787. The fraction of sp³-hybridized carbons (Fsp3) is 0.545. The van der Waals surface area contributed by atoms with Crippen molar-refractivity contribution in [2.75, 3.05) is 20.1 Å².